The van der Waals surface area contributed by atoms with Crippen molar-refractivity contribution >= 4 is 11.6 Å². The molecule has 0 unspecified atom stereocenters. The Bertz CT molecular complexity index is 1060. The van der Waals surface area contributed by atoms with E-state index in [4.69, 9.17) is 25.2 Å². The third kappa shape index (κ3) is 3.20. The second kappa shape index (κ2) is 7.72. The minimum absolute atomic E-state index is 0.125. The smallest absolute Gasteiger partial charge is 0.225 e. The summed E-state index contributed by atoms with van der Waals surface area (Å²) in [4.78, 5) is 0. The summed E-state index contributed by atoms with van der Waals surface area (Å²) in [5.74, 6) is -3.13. The minimum Gasteiger partial charge on any atom is -0.494 e. The normalized spacial score (nSPS) is 34.9. The van der Waals surface area contributed by atoms with Gasteiger partial charge in [-0.15, -0.1) is 0 Å². The summed E-state index contributed by atoms with van der Waals surface area (Å²) in [6, 6.07) is 8.39. The van der Waals surface area contributed by atoms with Crippen molar-refractivity contribution in [3.05, 3.63) is 63.9 Å². The first-order valence-corrected chi connectivity index (χ1v) is 9.54. The first-order valence-electron chi connectivity index (χ1n) is 10.7. The number of halogens is 2. The molecule has 2 aliphatic heterocycles. The zero-order valence-corrected chi connectivity index (χ0v) is 16.3. The fourth-order valence-electron chi connectivity index (χ4n) is 3.96. The molecule has 4 N–H and O–H groups in total. The zero-order chi connectivity index (χ0) is 24.2. The molecule has 4 rings (SSSR count). The second-order valence-corrected chi connectivity index (χ2v) is 7.92. The number of aliphatic hydroxyl groups is 4. The largest absolute Gasteiger partial charge is 0.494 e. The predicted molar refractivity (Wildman–Crippen MR) is 104 cm³/mol. The highest BCUT2D eigenvalue weighted by molar-refractivity contribution is 6.31. The van der Waals surface area contributed by atoms with Gasteiger partial charge in [0.1, 0.15) is 23.9 Å². The quantitative estimate of drug-likeness (QED) is 0.548. The van der Waals surface area contributed by atoms with Crippen LogP contribution in [0.1, 0.15) is 20.8 Å². The van der Waals surface area contributed by atoms with Gasteiger partial charge in [-0.25, -0.2) is 4.39 Å². The summed E-state index contributed by atoms with van der Waals surface area (Å²) in [5, 5.41) is 41.4. The lowest BCUT2D eigenvalue weighted by Gasteiger charge is -2.46. The maximum atomic E-state index is 14.3. The van der Waals surface area contributed by atoms with Crippen LogP contribution in [0.2, 0.25) is 5.02 Å². The Balaban J connectivity index is 1.65. The maximum absolute atomic E-state index is 14.3. The lowest BCUT2D eigenvalue weighted by Crippen LogP contribution is -2.65. The lowest BCUT2D eigenvalue weighted by atomic mass is 9.83. The first-order chi connectivity index (χ1) is 15.4. The van der Waals surface area contributed by atoms with Gasteiger partial charge in [-0.1, -0.05) is 23.7 Å². The first kappa shape index (κ1) is 17.9. The van der Waals surface area contributed by atoms with Crippen LogP contribution in [0.15, 0.2) is 36.4 Å². The van der Waals surface area contributed by atoms with Crippen LogP contribution in [-0.2, 0) is 21.7 Å². The molecule has 30 heavy (non-hydrogen) atoms. The van der Waals surface area contributed by atoms with E-state index in [2.05, 4.69) is 4.74 Å². The molecular formula is C21H22ClFO7. The van der Waals surface area contributed by atoms with Gasteiger partial charge < -0.3 is 34.6 Å². The fraction of sp³-hybridized carbons (Fsp3) is 0.429. The molecule has 2 fully saturated rings. The minimum atomic E-state index is -2.79. The van der Waals surface area contributed by atoms with Gasteiger partial charge in [0.15, 0.2) is 11.6 Å². The molecule has 2 aromatic carbocycles. The lowest BCUT2D eigenvalue weighted by molar-refractivity contribution is -0.329. The summed E-state index contributed by atoms with van der Waals surface area (Å²) < 4.78 is 51.7. The van der Waals surface area contributed by atoms with Crippen LogP contribution in [0.3, 0.4) is 0 Å². The number of fused-ring (bicyclic) bond motifs is 2. The zero-order valence-electron chi connectivity index (χ0n) is 18.6. The van der Waals surface area contributed by atoms with E-state index in [9.17, 15) is 24.8 Å². The van der Waals surface area contributed by atoms with Crippen LogP contribution < -0.4 is 4.74 Å². The molecule has 0 aromatic heterocycles. The van der Waals surface area contributed by atoms with Crippen LogP contribution in [0.5, 0.6) is 5.75 Å². The summed E-state index contributed by atoms with van der Waals surface area (Å²) in [6.45, 7) is -0.920. The summed E-state index contributed by atoms with van der Waals surface area (Å²) >= 11 is 6.32. The molecule has 0 radical (unpaired) electrons. The SMILES string of the molecule is [2H]C([2H])([2H])Oc1ccc(Cc2cc([C@]34OC[C@](CO)(O3)[C@@H](O)[C@H](O)[C@H]4O)ccc2Cl)cc1F. The van der Waals surface area contributed by atoms with Gasteiger partial charge >= 0.3 is 0 Å². The van der Waals surface area contributed by atoms with Crippen LogP contribution in [0, 0.1) is 5.82 Å². The van der Waals surface area contributed by atoms with Crippen molar-refractivity contribution < 1.29 is 43.1 Å². The number of benzene rings is 2. The third-order valence-electron chi connectivity index (χ3n) is 5.68. The molecule has 0 spiro atoms. The van der Waals surface area contributed by atoms with Crippen molar-refractivity contribution in [1.82, 2.24) is 0 Å². The van der Waals surface area contributed by atoms with Crippen LogP contribution in [0.25, 0.3) is 0 Å². The molecular weight excluding hydrogens is 419 g/mol. The highest BCUT2D eigenvalue weighted by atomic mass is 35.5. The number of hydrogen-bond acceptors (Lipinski definition) is 7. The topological polar surface area (TPSA) is 109 Å². The third-order valence-corrected chi connectivity index (χ3v) is 6.05. The Morgan fingerprint density at radius 3 is 2.73 bits per heavy atom. The number of rotatable bonds is 5. The predicted octanol–water partition coefficient (Wildman–Crippen LogP) is 1.11. The molecule has 2 saturated heterocycles. The molecule has 7 nitrogen and oxygen atoms in total. The molecule has 2 bridgehead atoms. The van der Waals surface area contributed by atoms with Gasteiger partial charge in [0.2, 0.25) is 5.79 Å². The molecule has 162 valence electrons. The Morgan fingerprint density at radius 1 is 1.23 bits per heavy atom. The van der Waals surface area contributed by atoms with Crippen molar-refractivity contribution in [1.29, 1.82) is 0 Å². The van der Waals surface area contributed by atoms with Crippen molar-refractivity contribution in [3.63, 3.8) is 0 Å². The molecule has 5 atom stereocenters. The highest BCUT2D eigenvalue weighted by Gasteiger charge is 2.67. The summed E-state index contributed by atoms with van der Waals surface area (Å²) in [5.41, 5.74) is -0.382. The molecule has 2 aromatic rings. The Kier molecular flexibility index (Phi) is 4.60. The molecule has 9 heteroatoms. The van der Waals surface area contributed by atoms with E-state index >= 15 is 0 Å². The van der Waals surface area contributed by atoms with E-state index in [0.29, 0.717) is 16.1 Å². The van der Waals surface area contributed by atoms with Crippen LogP contribution in [0.4, 0.5) is 4.39 Å². The van der Waals surface area contributed by atoms with Crippen molar-refractivity contribution in [2.75, 3.05) is 20.3 Å². The average molecular weight is 444 g/mol. The van der Waals surface area contributed by atoms with Crippen molar-refractivity contribution in [2.45, 2.75) is 36.1 Å². The Hall–Kier alpha value is -1.78. The van der Waals surface area contributed by atoms with E-state index in [1.54, 1.807) is 6.07 Å². The van der Waals surface area contributed by atoms with Crippen molar-refractivity contribution in [3.8, 4) is 5.75 Å². The van der Waals surface area contributed by atoms with Gasteiger partial charge in [0, 0.05) is 10.6 Å². The average Bonchev–Trinajstić information content (AvgIpc) is 3.14. The van der Waals surface area contributed by atoms with Gasteiger partial charge in [-0.05, 0) is 41.8 Å². The van der Waals surface area contributed by atoms with E-state index in [1.807, 2.05) is 0 Å². The van der Waals surface area contributed by atoms with Gasteiger partial charge in [0.25, 0.3) is 0 Å². The molecule has 0 amide bonds. The van der Waals surface area contributed by atoms with Crippen LogP contribution >= 0.6 is 11.6 Å². The van der Waals surface area contributed by atoms with Gasteiger partial charge in [-0.2, -0.15) is 0 Å². The number of methoxy groups -OCH3 is 1. The molecule has 0 saturated carbocycles. The maximum Gasteiger partial charge on any atom is 0.225 e. The van der Waals surface area contributed by atoms with E-state index in [1.165, 1.54) is 24.3 Å². The van der Waals surface area contributed by atoms with E-state index < -0.39 is 54.9 Å². The second-order valence-electron chi connectivity index (χ2n) is 7.51. The molecule has 2 heterocycles. The van der Waals surface area contributed by atoms with Gasteiger partial charge in [0.05, 0.1) is 24.4 Å². The van der Waals surface area contributed by atoms with Gasteiger partial charge in [-0.3, -0.25) is 0 Å². The Morgan fingerprint density at radius 2 is 2.03 bits per heavy atom. The fourth-order valence-corrected chi connectivity index (χ4v) is 4.14. The molecule has 2 aliphatic rings. The van der Waals surface area contributed by atoms with Crippen molar-refractivity contribution in [2.24, 2.45) is 0 Å². The van der Waals surface area contributed by atoms with E-state index in [-0.39, 0.29) is 18.6 Å². The standard InChI is InChI=1S/C21H22ClFO7/c1-28-16-5-2-11(7-15(16)23)6-12-8-13(3-4-14(12)22)21-19(27)17(25)18(26)20(9-24,30-21)10-29-21/h2-5,7-8,17-19,24-27H,6,9-10H2,1H3/t17-,18-,19+,20-,21-/m0/s1/i1D3. The van der Waals surface area contributed by atoms with Crippen LogP contribution in [-0.4, -0.2) is 64.6 Å². The highest BCUT2D eigenvalue weighted by Crippen LogP contribution is 2.49. The number of hydrogen-bond donors (Lipinski definition) is 4. The number of ether oxygens (including phenoxy) is 3. The summed E-state index contributed by atoms with van der Waals surface area (Å²) in [7, 11) is -2.79. The summed E-state index contributed by atoms with van der Waals surface area (Å²) in [6.07, 6.45) is -4.76. The number of aliphatic hydroxyl groups excluding tert-OH is 4. The van der Waals surface area contributed by atoms with E-state index in [0.717, 1.165) is 6.07 Å². The Labute approximate surface area is 181 Å². The molecule has 0 aliphatic carbocycles. The monoisotopic (exact) mass is 443 g/mol.